The van der Waals surface area contributed by atoms with Crippen LogP contribution in [0.25, 0.3) is 11.1 Å². The lowest BCUT2D eigenvalue weighted by atomic mass is 10.0. The third kappa shape index (κ3) is 4.15. The SMILES string of the molecule is C#Cc1ccc(-c2ccccc2NC(=O)c2ccc(C(=O)O)cc2C(N)=O)cc1. The van der Waals surface area contributed by atoms with E-state index in [4.69, 9.17) is 17.3 Å². The highest BCUT2D eigenvalue weighted by Gasteiger charge is 2.19. The number of nitrogens with two attached hydrogens (primary N) is 1. The van der Waals surface area contributed by atoms with Crippen LogP contribution in [0.1, 0.15) is 36.6 Å². The maximum Gasteiger partial charge on any atom is 0.335 e. The van der Waals surface area contributed by atoms with E-state index in [2.05, 4.69) is 11.2 Å². The van der Waals surface area contributed by atoms with Crippen molar-refractivity contribution in [3.05, 3.63) is 89.0 Å². The van der Waals surface area contributed by atoms with Crippen molar-refractivity contribution in [2.75, 3.05) is 5.32 Å². The molecule has 0 aromatic heterocycles. The lowest BCUT2D eigenvalue weighted by molar-refractivity contribution is 0.0696. The topological polar surface area (TPSA) is 109 Å². The number of primary amides is 1. The normalized spacial score (nSPS) is 10.0. The van der Waals surface area contributed by atoms with Crippen LogP contribution >= 0.6 is 0 Å². The number of carboxylic acids is 1. The summed E-state index contributed by atoms with van der Waals surface area (Å²) in [5, 5.41) is 11.9. The zero-order valence-electron chi connectivity index (χ0n) is 15.2. The minimum absolute atomic E-state index is 0.0139. The molecule has 4 N–H and O–H groups in total. The molecule has 0 saturated heterocycles. The molecule has 2 amide bonds. The van der Waals surface area contributed by atoms with Crippen molar-refractivity contribution < 1.29 is 19.5 Å². The van der Waals surface area contributed by atoms with Crippen LogP contribution in [-0.4, -0.2) is 22.9 Å². The molecule has 6 nitrogen and oxygen atoms in total. The van der Waals surface area contributed by atoms with Gasteiger partial charge in [-0.2, -0.15) is 0 Å². The van der Waals surface area contributed by atoms with Crippen LogP contribution in [0.3, 0.4) is 0 Å². The highest BCUT2D eigenvalue weighted by Crippen LogP contribution is 2.28. The maximum atomic E-state index is 12.8. The van der Waals surface area contributed by atoms with Crippen LogP contribution in [0, 0.1) is 12.3 Å². The van der Waals surface area contributed by atoms with Gasteiger partial charge in [0.1, 0.15) is 0 Å². The number of nitrogens with one attached hydrogen (secondary N) is 1. The zero-order valence-corrected chi connectivity index (χ0v) is 15.2. The third-order valence-corrected chi connectivity index (χ3v) is 4.31. The maximum absolute atomic E-state index is 12.8. The molecular formula is C23H16N2O4. The molecule has 0 unspecified atom stereocenters. The Morgan fingerprint density at radius 1 is 0.931 bits per heavy atom. The van der Waals surface area contributed by atoms with Gasteiger partial charge in [-0.1, -0.05) is 36.3 Å². The summed E-state index contributed by atoms with van der Waals surface area (Å²) in [5.41, 5.74) is 7.87. The Kier molecular flexibility index (Phi) is 5.42. The highest BCUT2D eigenvalue weighted by molar-refractivity contribution is 6.13. The summed E-state index contributed by atoms with van der Waals surface area (Å²) < 4.78 is 0. The molecule has 29 heavy (non-hydrogen) atoms. The second-order valence-corrected chi connectivity index (χ2v) is 6.15. The first-order valence-electron chi connectivity index (χ1n) is 8.55. The molecule has 0 aliphatic heterocycles. The van der Waals surface area contributed by atoms with E-state index in [0.717, 1.165) is 22.8 Å². The number of para-hydroxylation sites is 1. The molecule has 0 spiro atoms. The fraction of sp³-hybridized carbons (Fsp3) is 0. The van der Waals surface area contributed by atoms with Crippen LogP contribution in [0.2, 0.25) is 0 Å². The minimum atomic E-state index is -1.22. The number of carbonyl (C=O) groups is 3. The largest absolute Gasteiger partial charge is 0.478 e. The number of amides is 2. The van der Waals surface area contributed by atoms with Crippen LogP contribution < -0.4 is 11.1 Å². The van der Waals surface area contributed by atoms with Gasteiger partial charge < -0.3 is 16.2 Å². The predicted octanol–water partition coefficient (Wildman–Crippen LogP) is 3.38. The van der Waals surface area contributed by atoms with Gasteiger partial charge in [-0.3, -0.25) is 9.59 Å². The fourth-order valence-electron chi connectivity index (χ4n) is 2.86. The molecule has 0 fully saturated rings. The fourth-order valence-corrected chi connectivity index (χ4v) is 2.86. The molecule has 3 aromatic rings. The molecule has 0 bridgehead atoms. The van der Waals surface area contributed by atoms with Gasteiger partial charge in [-0.15, -0.1) is 6.42 Å². The summed E-state index contributed by atoms with van der Waals surface area (Å²) in [4.78, 5) is 35.7. The quantitative estimate of drug-likeness (QED) is 0.586. The van der Waals surface area contributed by atoms with Crippen molar-refractivity contribution in [1.82, 2.24) is 0 Å². The molecule has 0 radical (unpaired) electrons. The summed E-state index contributed by atoms with van der Waals surface area (Å²) in [5.74, 6) is -0.146. The molecule has 0 atom stereocenters. The van der Waals surface area contributed by atoms with Gasteiger partial charge in [0.15, 0.2) is 0 Å². The first-order valence-corrected chi connectivity index (χ1v) is 8.55. The number of terminal acetylenes is 1. The zero-order chi connectivity index (χ0) is 21.0. The predicted molar refractivity (Wildman–Crippen MR) is 110 cm³/mol. The summed E-state index contributed by atoms with van der Waals surface area (Å²) in [6, 6.07) is 18.0. The Hall–Kier alpha value is -4.37. The lowest BCUT2D eigenvalue weighted by Crippen LogP contribution is -2.21. The molecule has 0 saturated carbocycles. The summed E-state index contributed by atoms with van der Waals surface area (Å²) in [7, 11) is 0. The summed E-state index contributed by atoms with van der Waals surface area (Å²) in [6.07, 6.45) is 5.39. The van der Waals surface area contributed by atoms with Crippen molar-refractivity contribution in [2.24, 2.45) is 5.73 Å². The third-order valence-electron chi connectivity index (χ3n) is 4.31. The number of anilines is 1. The number of hydrogen-bond acceptors (Lipinski definition) is 3. The highest BCUT2D eigenvalue weighted by atomic mass is 16.4. The van der Waals surface area contributed by atoms with Crippen molar-refractivity contribution in [1.29, 1.82) is 0 Å². The van der Waals surface area contributed by atoms with Gasteiger partial charge in [0.2, 0.25) is 5.91 Å². The van der Waals surface area contributed by atoms with E-state index in [1.807, 2.05) is 24.3 Å². The average molecular weight is 384 g/mol. The van der Waals surface area contributed by atoms with Gasteiger partial charge in [0.05, 0.1) is 16.7 Å². The van der Waals surface area contributed by atoms with E-state index < -0.39 is 17.8 Å². The van der Waals surface area contributed by atoms with E-state index >= 15 is 0 Å². The van der Waals surface area contributed by atoms with Gasteiger partial charge in [-0.25, -0.2) is 4.79 Å². The first-order chi connectivity index (χ1) is 13.9. The van der Waals surface area contributed by atoms with Gasteiger partial charge in [0.25, 0.3) is 5.91 Å². The van der Waals surface area contributed by atoms with Crippen LogP contribution in [0.15, 0.2) is 66.7 Å². The van der Waals surface area contributed by atoms with E-state index in [0.29, 0.717) is 5.69 Å². The number of carbonyl (C=O) groups excluding carboxylic acids is 2. The smallest absolute Gasteiger partial charge is 0.335 e. The van der Waals surface area contributed by atoms with E-state index in [9.17, 15) is 14.4 Å². The molecule has 0 aliphatic carbocycles. The van der Waals surface area contributed by atoms with Gasteiger partial charge in [-0.05, 0) is 42.0 Å². The second kappa shape index (κ2) is 8.11. The molecule has 0 aliphatic rings. The van der Waals surface area contributed by atoms with Gasteiger partial charge in [0, 0.05) is 16.8 Å². The van der Waals surface area contributed by atoms with Crippen LogP contribution in [-0.2, 0) is 0 Å². The Morgan fingerprint density at radius 3 is 2.24 bits per heavy atom. The molecule has 142 valence electrons. The van der Waals surface area contributed by atoms with Gasteiger partial charge >= 0.3 is 5.97 Å². The Balaban J connectivity index is 1.97. The summed E-state index contributed by atoms with van der Waals surface area (Å²) in [6.45, 7) is 0. The lowest BCUT2D eigenvalue weighted by Gasteiger charge is -2.13. The molecule has 3 rings (SSSR count). The molecule has 3 aromatic carbocycles. The molecular weight excluding hydrogens is 368 g/mol. The van der Waals surface area contributed by atoms with E-state index in [1.165, 1.54) is 12.1 Å². The summed E-state index contributed by atoms with van der Waals surface area (Å²) >= 11 is 0. The second-order valence-electron chi connectivity index (χ2n) is 6.15. The number of rotatable bonds is 5. The Morgan fingerprint density at radius 2 is 1.62 bits per heavy atom. The Labute approximate surface area is 167 Å². The monoisotopic (exact) mass is 384 g/mol. The van der Waals surface area contributed by atoms with E-state index in [1.54, 1.807) is 24.3 Å². The number of benzene rings is 3. The van der Waals surface area contributed by atoms with Crippen LogP contribution in [0.4, 0.5) is 5.69 Å². The van der Waals surface area contributed by atoms with Crippen molar-refractivity contribution in [3.63, 3.8) is 0 Å². The Bertz CT molecular complexity index is 1160. The first kappa shape index (κ1) is 19.4. The molecule has 0 heterocycles. The van der Waals surface area contributed by atoms with Crippen molar-refractivity contribution >= 4 is 23.5 Å². The van der Waals surface area contributed by atoms with Crippen molar-refractivity contribution in [3.8, 4) is 23.5 Å². The minimum Gasteiger partial charge on any atom is -0.478 e. The standard InChI is InChI=1S/C23H16N2O4/c1-2-14-7-9-15(10-8-14)17-5-3-4-6-20(17)25-22(27)18-12-11-16(23(28)29)13-19(18)21(24)26/h1,3-13H,(H2,24,26)(H,25,27)(H,28,29). The van der Waals surface area contributed by atoms with E-state index in [-0.39, 0.29) is 16.7 Å². The average Bonchev–Trinajstić information content (AvgIpc) is 2.73. The van der Waals surface area contributed by atoms with Crippen LogP contribution in [0.5, 0.6) is 0 Å². The number of hydrogen-bond donors (Lipinski definition) is 3. The number of aromatic carboxylic acids is 1. The van der Waals surface area contributed by atoms with Crippen molar-refractivity contribution in [2.45, 2.75) is 0 Å². The number of carboxylic acid groups (broad SMARTS) is 1. The molecule has 6 heteroatoms.